The minimum Gasteiger partial charge on any atom is -0.493 e. The second kappa shape index (κ2) is 9.76. The van der Waals surface area contributed by atoms with Gasteiger partial charge >= 0.3 is 12.2 Å². The fourth-order valence-corrected chi connectivity index (χ4v) is 5.68. The van der Waals surface area contributed by atoms with Crippen LogP contribution in [0.2, 0.25) is 0 Å². The number of nitrogens with one attached hydrogen (secondary N) is 2. The summed E-state index contributed by atoms with van der Waals surface area (Å²) < 4.78 is 79.3. The third-order valence-corrected chi connectivity index (χ3v) is 7.44. The van der Waals surface area contributed by atoms with Gasteiger partial charge < -0.3 is 25.0 Å². The van der Waals surface area contributed by atoms with Crippen molar-refractivity contribution in [3.8, 4) is 11.5 Å². The van der Waals surface area contributed by atoms with Gasteiger partial charge in [0.2, 0.25) is 0 Å². The molecule has 0 aromatic heterocycles. The lowest BCUT2D eigenvalue weighted by atomic mass is 9.65. The molecule has 0 radical (unpaired) electrons. The van der Waals surface area contributed by atoms with Crippen LogP contribution in [0, 0.1) is 11.6 Å². The van der Waals surface area contributed by atoms with Gasteiger partial charge in [-0.3, -0.25) is 0 Å². The van der Waals surface area contributed by atoms with Gasteiger partial charge in [0.05, 0.1) is 25.5 Å². The Bertz CT molecular complexity index is 1140. The van der Waals surface area contributed by atoms with E-state index in [0.29, 0.717) is 36.6 Å². The first kappa shape index (κ1) is 26.0. The summed E-state index contributed by atoms with van der Waals surface area (Å²) >= 11 is 0. The zero-order valence-electron chi connectivity index (χ0n) is 20.1. The number of carbonyl (C=O) groups excluding carboxylic acids is 1. The molecule has 196 valence electrons. The molecular formula is C25H28F5N3O3. The number of ether oxygens (including phenoxy) is 2. The van der Waals surface area contributed by atoms with Gasteiger partial charge in [-0.05, 0) is 63.0 Å². The topological polar surface area (TPSA) is 62.8 Å². The number of alkyl halides is 3. The molecule has 0 spiro atoms. The van der Waals surface area contributed by atoms with E-state index >= 15 is 4.39 Å². The molecular weight excluding hydrogens is 485 g/mol. The number of anilines is 1. The van der Waals surface area contributed by atoms with Crippen molar-refractivity contribution in [3.05, 3.63) is 53.1 Å². The molecule has 36 heavy (non-hydrogen) atoms. The van der Waals surface area contributed by atoms with Gasteiger partial charge in [0.25, 0.3) is 0 Å². The fourth-order valence-electron chi connectivity index (χ4n) is 5.68. The van der Waals surface area contributed by atoms with Gasteiger partial charge in [0, 0.05) is 17.5 Å². The molecule has 0 unspecified atom stereocenters. The van der Waals surface area contributed by atoms with Crippen LogP contribution < -0.4 is 20.1 Å². The Morgan fingerprint density at radius 2 is 1.83 bits per heavy atom. The summed E-state index contributed by atoms with van der Waals surface area (Å²) in [6, 6.07) is 4.88. The number of carbonyl (C=O) groups is 1. The smallest absolute Gasteiger partial charge is 0.419 e. The first-order valence-corrected chi connectivity index (χ1v) is 11.6. The number of hydrogen-bond acceptors (Lipinski definition) is 4. The molecule has 2 amide bonds. The molecule has 1 saturated heterocycles. The zero-order valence-corrected chi connectivity index (χ0v) is 20.1. The Labute approximate surface area is 205 Å². The van der Waals surface area contributed by atoms with Crippen LogP contribution in [0.4, 0.5) is 32.4 Å². The molecule has 1 saturated carbocycles. The van der Waals surface area contributed by atoms with Gasteiger partial charge in [-0.2, -0.15) is 13.2 Å². The summed E-state index contributed by atoms with van der Waals surface area (Å²) in [5, 5.41) is 4.94. The number of halogens is 5. The highest BCUT2D eigenvalue weighted by atomic mass is 19.4. The summed E-state index contributed by atoms with van der Waals surface area (Å²) in [5.41, 5.74) is -1.98. The van der Waals surface area contributed by atoms with E-state index in [-0.39, 0.29) is 17.8 Å². The average molecular weight is 514 g/mol. The van der Waals surface area contributed by atoms with Crippen LogP contribution in [-0.2, 0) is 11.6 Å². The number of methoxy groups -OCH3 is 2. The second-order valence-electron chi connectivity index (χ2n) is 9.30. The summed E-state index contributed by atoms with van der Waals surface area (Å²) in [5.74, 6) is -1.67. The van der Waals surface area contributed by atoms with Crippen molar-refractivity contribution in [1.82, 2.24) is 10.2 Å². The third-order valence-electron chi connectivity index (χ3n) is 7.44. The van der Waals surface area contributed by atoms with Gasteiger partial charge in [0.15, 0.2) is 23.1 Å². The van der Waals surface area contributed by atoms with E-state index in [9.17, 15) is 22.4 Å². The van der Waals surface area contributed by atoms with Crippen molar-refractivity contribution in [1.29, 1.82) is 0 Å². The van der Waals surface area contributed by atoms with E-state index in [1.807, 2.05) is 7.05 Å². The van der Waals surface area contributed by atoms with E-state index in [0.717, 1.165) is 25.1 Å². The van der Waals surface area contributed by atoms with Crippen molar-refractivity contribution in [3.63, 3.8) is 0 Å². The Morgan fingerprint density at radius 3 is 2.50 bits per heavy atom. The zero-order chi connectivity index (χ0) is 26.3. The summed E-state index contributed by atoms with van der Waals surface area (Å²) in [6.07, 6.45) is -2.59. The first-order chi connectivity index (χ1) is 17.0. The second-order valence-corrected chi connectivity index (χ2v) is 9.30. The normalized spacial score (nSPS) is 24.2. The Balaban J connectivity index is 1.51. The lowest BCUT2D eigenvalue weighted by Crippen LogP contribution is -2.52. The maximum atomic E-state index is 15.6. The largest absolute Gasteiger partial charge is 0.493 e. The van der Waals surface area contributed by atoms with E-state index in [1.165, 1.54) is 14.2 Å². The number of amides is 2. The van der Waals surface area contributed by atoms with Crippen LogP contribution in [0.25, 0.3) is 0 Å². The molecule has 4 rings (SSSR count). The summed E-state index contributed by atoms with van der Waals surface area (Å²) in [7, 11) is 4.76. The van der Waals surface area contributed by atoms with Crippen LogP contribution in [-0.4, -0.2) is 50.8 Å². The van der Waals surface area contributed by atoms with Crippen LogP contribution >= 0.6 is 0 Å². The first-order valence-electron chi connectivity index (χ1n) is 11.6. The number of rotatable bonds is 5. The highest BCUT2D eigenvalue weighted by Crippen LogP contribution is 2.51. The molecule has 6 nitrogen and oxygen atoms in total. The van der Waals surface area contributed by atoms with Gasteiger partial charge in [-0.25, -0.2) is 13.6 Å². The summed E-state index contributed by atoms with van der Waals surface area (Å²) in [4.78, 5) is 14.7. The minimum atomic E-state index is -4.88. The molecule has 2 N–H and O–H groups in total. The van der Waals surface area contributed by atoms with Gasteiger partial charge in [-0.1, -0.05) is 12.1 Å². The number of urea groups is 1. The average Bonchev–Trinajstić information content (AvgIpc) is 3.16. The Morgan fingerprint density at radius 1 is 1.08 bits per heavy atom. The monoisotopic (exact) mass is 513 g/mol. The van der Waals surface area contributed by atoms with E-state index in [4.69, 9.17) is 9.47 Å². The molecule has 2 aromatic carbocycles. The lowest BCUT2D eigenvalue weighted by molar-refractivity contribution is -0.139. The number of nitrogens with zero attached hydrogens (tertiary/aromatic N) is 1. The van der Waals surface area contributed by atoms with E-state index in [2.05, 4.69) is 15.5 Å². The highest BCUT2D eigenvalue weighted by Gasteiger charge is 2.52. The van der Waals surface area contributed by atoms with Crippen molar-refractivity contribution in [2.75, 3.05) is 33.1 Å². The Hall–Kier alpha value is -3.08. The maximum Gasteiger partial charge on any atom is 0.419 e. The summed E-state index contributed by atoms with van der Waals surface area (Å²) in [6.45, 7) is 0.729. The number of fused-ring (bicyclic) bond motifs is 1. The predicted octanol–water partition coefficient (Wildman–Crippen LogP) is 5.32. The molecule has 1 aliphatic heterocycles. The van der Waals surface area contributed by atoms with Crippen molar-refractivity contribution in [2.45, 2.75) is 49.4 Å². The Kier molecular flexibility index (Phi) is 7.05. The maximum absolute atomic E-state index is 15.6. The standard InChI is InChI=1S/C25H28F5N3O3/c1-33-12-11-24(15-7-8-18(35-2)22(36-3)21(15)27)10-9-14(13-19(24)33)31-23(34)32-17-6-4-5-16(20(17)26)25(28,29)30/h4-8,14,19H,9-13H2,1-3H3,(H2,31,32,34)/t14-,19+,24-/m0/s1. The lowest BCUT2D eigenvalue weighted by Gasteiger charge is -2.45. The third kappa shape index (κ3) is 4.56. The van der Waals surface area contributed by atoms with Crippen LogP contribution in [0.1, 0.15) is 36.8 Å². The van der Waals surface area contributed by atoms with Crippen LogP contribution in [0.5, 0.6) is 11.5 Å². The molecule has 2 aliphatic rings. The molecule has 2 aromatic rings. The number of likely N-dealkylation sites (N-methyl/N-ethyl adjacent to an activating group) is 1. The molecule has 2 fully saturated rings. The number of benzene rings is 2. The number of likely N-dealkylation sites (tertiary alicyclic amines) is 1. The number of hydrogen-bond donors (Lipinski definition) is 2. The molecule has 1 heterocycles. The highest BCUT2D eigenvalue weighted by molar-refractivity contribution is 5.89. The SMILES string of the molecule is COc1ccc([C@@]23CC[C@H](NC(=O)Nc4cccc(C(F)(F)F)c4F)C[C@H]2N(C)CC3)c(F)c1OC. The van der Waals surface area contributed by atoms with Gasteiger partial charge in [0.1, 0.15) is 0 Å². The van der Waals surface area contributed by atoms with Crippen molar-refractivity contribution < 1.29 is 36.2 Å². The van der Waals surface area contributed by atoms with Gasteiger partial charge in [-0.15, -0.1) is 0 Å². The predicted molar refractivity (Wildman–Crippen MR) is 123 cm³/mol. The molecule has 1 aliphatic carbocycles. The molecule has 11 heteroatoms. The quantitative estimate of drug-likeness (QED) is 0.532. The molecule has 0 bridgehead atoms. The van der Waals surface area contributed by atoms with Crippen LogP contribution in [0.15, 0.2) is 30.3 Å². The van der Waals surface area contributed by atoms with Crippen molar-refractivity contribution >= 4 is 11.7 Å². The van der Waals surface area contributed by atoms with E-state index in [1.54, 1.807) is 12.1 Å². The van der Waals surface area contributed by atoms with Crippen LogP contribution in [0.3, 0.4) is 0 Å². The fraction of sp³-hybridized carbons (Fsp3) is 0.480. The molecule has 3 atom stereocenters. The van der Waals surface area contributed by atoms with E-state index < -0.39 is 40.5 Å². The van der Waals surface area contributed by atoms with Crippen molar-refractivity contribution in [2.24, 2.45) is 0 Å². The minimum absolute atomic E-state index is 0.0421.